The average molecular weight is 256 g/mol. The maximum Gasteiger partial charge on any atom is 0.126 e. The molecule has 2 aromatic rings. The van der Waals surface area contributed by atoms with Gasteiger partial charge in [-0.3, -0.25) is 9.88 Å². The van der Waals surface area contributed by atoms with Crippen molar-refractivity contribution in [3.8, 4) is 0 Å². The van der Waals surface area contributed by atoms with E-state index in [4.69, 9.17) is 4.42 Å². The van der Waals surface area contributed by atoms with Gasteiger partial charge in [-0.1, -0.05) is 11.6 Å². The third-order valence-electron chi connectivity index (χ3n) is 3.21. The van der Waals surface area contributed by atoms with E-state index in [0.29, 0.717) is 6.04 Å². The number of furan rings is 1. The fraction of sp³-hybridized carbons (Fsp3) is 0.312. The molecule has 0 fully saturated rings. The van der Waals surface area contributed by atoms with E-state index < -0.39 is 0 Å². The second kappa shape index (κ2) is 6.34. The van der Waals surface area contributed by atoms with Crippen molar-refractivity contribution in [2.75, 3.05) is 13.6 Å². The van der Waals surface area contributed by atoms with Crippen LogP contribution in [-0.2, 0) is 0 Å². The van der Waals surface area contributed by atoms with Gasteiger partial charge in [0.05, 0.1) is 12.0 Å². The molecule has 19 heavy (non-hydrogen) atoms. The molecule has 0 unspecified atom stereocenters. The Morgan fingerprint density at radius 2 is 2.21 bits per heavy atom. The Balaban J connectivity index is 1.99. The third kappa shape index (κ3) is 3.80. The molecule has 0 amide bonds. The van der Waals surface area contributed by atoms with Gasteiger partial charge in [0.25, 0.3) is 0 Å². The molecule has 3 nitrogen and oxygen atoms in total. The summed E-state index contributed by atoms with van der Waals surface area (Å²) in [6.45, 7) is 5.17. The van der Waals surface area contributed by atoms with Crippen molar-refractivity contribution >= 4 is 6.08 Å². The van der Waals surface area contributed by atoms with Crippen LogP contribution in [0.1, 0.15) is 31.3 Å². The highest BCUT2D eigenvalue weighted by Crippen LogP contribution is 2.17. The Bertz CT molecular complexity index is 517. The molecule has 0 aromatic carbocycles. The first-order chi connectivity index (χ1) is 9.16. The second-order valence-corrected chi connectivity index (χ2v) is 4.85. The van der Waals surface area contributed by atoms with Gasteiger partial charge in [0.15, 0.2) is 0 Å². The van der Waals surface area contributed by atoms with E-state index in [1.54, 1.807) is 6.26 Å². The molecule has 1 atom stereocenters. The number of hydrogen-bond acceptors (Lipinski definition) is 3. The fourth-order valence-corrected chi connectivity index (χ4v) is 2.04. The highest BCUT2D eigenvalue weighted by atomic mass is 16.3. The van der Waals surface area contributed by atoms with Crippen LogP contribution >= 0.6 is 0 Å². The summed E-state index contributed by atoms with van der Waals surface area (Å²) in [6, 6.07) is 10.2. The molecule has 0 radical (unpaired) electrons. The van der Waals surface area contributed by atoms with Gasteiger partial charge in [-0.15, -0.1) is 0 Å². The van der Waals surface area contributed by atoms with E-state index in [2.05, 4.69) is 42.9 Å². The maximum absolute atomic E-state index is 5.32. The summed E-state index contributed by atoms with van der Waals surface area (Å²) in [7, 11) is 2.11. The summed E-state index contributed by atoms with van der Waals surface area (Å²) in [5, 5.41) is 0. The number of likely N-dealkylation sites (N-methyl/N-ethyl adjacent to an activating group) is 1. The summed E-state index contributed by atoms with van der Waals surface area (Å²) < 4.78 is 5.32. The molecular weight excluding hydrogens is 236 g/mol. The zero-order chi connectivity index (χ0) is 13.7. The Morgan fingerprint density at radius 1 is 1.37 bits per heavy atom. The average Bonchev–Trinajstić information content (AvgIpc) is 2.91. The Morgan fingerprint density at radius 3 is 2.84 bits per heavy atom. The molecule has 0 saturated heterocycles. The summed E-state index contributed by atoms with van der Waals surface area (Å²) in [4.78, 5) is 6.68. The minimum Gasteiger partial charge on any atom is -0.465 e. The number of nitrogens with zero attached hydrogens (tertiary/aromatic N) is 2. The molecule has 0 aliphatic rings. The third-order valence-corrected chi connectivity index (χ3v) is 3.21. The summed E-state index contributed by atoms with van der Waals surface area (Å²) in [5.41, 5.74) is 2.36. The van der Waals surface area contributed by atoms with Gasteiger partial charge >= 0.3 is 0 Å². The normalized spacial score (nSPS) is 13.8. The van der Waals surface area contributed by atoms with Gasteiger partial charge in [0, 0.05) is 18.8 Å². The molecule has 2 heterocycles. The van der Waals surface area contributed by atoms with E-state index in [-0.39, 0.29) is 0 Å². The number of aromatic nitrogens is 1. The first kappa shape index (κ1) is 13.6. The SMILES string of the molecule is C/C(=C\c1ccco1)CN(C)[C@H](C)c1ccccn1. The largest absolute Gasteiger partial charge is 0.465 e. The van der Waals surface area contributed by atoms with Gasteiger partial charge in [0.2, 0.25) is 0 Å². The van der Waals surface area contributed by atoms with Crippen LogP contribution in [0, 0.1) is 0 Å². The Kier molecular flexibility index (Phi) is 4.53. The zero-order valence-corrected chi connectivity index (χ0v) is 11.7. The van der Waals surface area contributed by atoms with Crippen LogP contribution in [0.15, 0.2) is 52.8 Å². The van der Waals surface area contributed by atoms with Crippen LogP contribution in [0.25, 0.3) is 6.08 Å². The molecule has 3 heteroatoms. The van der Waals surface area contributed by atoms with Crippen molar-refractivity contribution in [3.05, 3.63) is 59.8 Å². The van der Waals surface area contributed by atoms with Gasteiger partial charge in [-0.05, 0) is 51.2 Å². The minimum atomic E-state index is 0.293. The van der Waals surface area contributed by atoms with E-state index in [1.165, 1.54) is 5.57 Å². The molecule has 0 aliphatic carbocycles. The lowest BCUT2D eigenvalue weighted by atomic mass is 10.1. The van der Waals surface area contributed by atoms with Crippen LogP contribution in [0.3, 0.4) is 0 Å². The summed E-state index contributed by atoms with van der Waals surface area (Å²) >= 11 is 0. The van der Waals surface area contributed by atoms with Crippen molar-refractivity contribution < 1.29 is 4.42 Å². The topological polar surface area (TPSA) is 29.3 Å². The van der Waals surface area contributed by atoms with Crippen LogP contribution in [0.2, 0.25) is 0 Å². The van der Waals surface area contributed by atoms with E-state index in [9.17, 15) is 0 Å². The Hall–Kier alpha value is -1.87. The van der Waals surface area contributed by atoms with E-state index in [0.717, 1.165) is 18.0 Å². The first-order valence-corrected chi connectivity index (χ1v) is 6.48. The van der Waals surface area contributed by atoms with Crippen molar-refractivity contribution in [2.24, 2.45) is 0 Å². The lowest BCUT2D eigenvalue weighted by Gasteiger charge is -2.24. The van der Waals surface area contributed by atoms with Crippen LogP contribution in [0.4, 0.5) is 0 Å². The fourth-order valence-electron chi connectivity index (χ4n) is 2.04. The van der Waals surface area contributed by atoms with Crippen LogP contribution in [-0.4, -0.2) is 23.5 Å². The number of pyridine rings is 1. The predicted molar refractivity (Wildman–Crippen MR) is 77.6 cm³/mol. The highest BCUT2D eigenvalue weighted by molar-refractivity contribution is 5.46. The van der Waals surface area contributed by atoms with Crippen molar-refractivity contribution in [1.29, 1.82) is 0 Å². The minimum absolute atomic E-state index is 0.293. The molecule has 0 N–H and O–H groups in total. The number of hydrogen-bond donors (Lipinski definition) is 0. The zero-order valence-electron chi connectivity index (χ0n) is 11.7. The smallest absolute Gasteiger partial charge is 0.126 e. The predicted octanol–water partition coefficient (Wildman–Crippen LogP) is 3.77. The monoisotopic (exact) mass is 256 g/mol. The lowest BCUT2D eigenvalue weighted by Crippen LogP contribution is -2.24. The molecule has 2 rings (SSSR count). The van der Waals surface area contributed by atoms with Gasteiger partial charge < -0.3 is 4.42 Å². The molecule has 0 aliphatic heterocycles. The highest BCUT2D eigenvalue weighted by Gasteiger charge is 2.12. The second-order valence-electron chi connectivity index (χ2n) is 4.85. The van der Waals surface area contributed by atoms with E-state index >= 15 is 0 Å². The van der Waals surface area contributed by atoms with Gasteiger partial charge in [-0.25, -0.2) is 0 Å². The first-order valence-electron chi connectivity index (χ1n) is 6.48. The standard InChI is InChI=1S/C16H20N2O/c1-13(11-15-7-6-10-19-15)12-18(3)14(2)16-8-4-5-9-17-16/h4-11,14H,12H2,1-3H3/b13-11+/t14-/m1/s1. The van der Waals surface area contributed by atoms with E-state index in [1.807, 2.05) is 30.5 Å². The summed E-state index contributed by atoms with van der Waals surface area (Å²) in [5.74, 6) is 0.899. The quantitative estimate of drug-likeness (QED) is 0.815. The molecular formula is C16H20N2O. The number of rotatable bonds is 5. The maximum atomic E-state index is 5.32. The van der Waals surface area contributed by atoms with Gasteiger partial charge in [-0.2, -0.15) is 0 Å². The molecule has 100 valence electrons. The molecule has 0 bridgehead atoms. The van der Waals surface area contributed by atoms with Crippen molar-refractivity contribution in [3.63, 3.8) is 0 Å². The van der Waals surface area contributed by atoms with Crippen molar-refractivity contribution in [2.45, 2.75) is 19.9 Å². The lowest BCUT2D eigenvalue weighted by molar-refractivity contribution is 0.279. The molecule has 2 aromatic heterocycles. The summed E-state index contributed by atoms with van der Waals surface area (Å²) in [6.07, 6.45) is 5.60. The molecule has 0 spiro atoms. The van der Waals surface area contributed by atoms with Crippen LogP contribution < -0.4 is 0 Å². The Labute approximate surface area is 114 Å². The van der Waals surface area contributed by atoms with Crippen LogP contribution in [0.5, 0.6) is 0 Å². The van der Waals surface area contributed by atoms with Gasteiger partial charge in [0.1, 0.15) is 5.76 Å². The molecule has 0 saturated carbocycles. The van der Waals surface area contributed by atoms with Crippen molar-refractivity contribution in [1.82, 2.24) is 9.88 Å².